The predicted octanol–water partition coefficient (Wildman–Crippen LogP) is 2.62. The first-order chi connectivity index (χ1) is 8.24. The van der Waals surface area contributed by atoms with Gasteiger partial charge in [-0.2, -0.15) is 0 Å². The van der Waals surface area contributed by atoms with E-state index in [1.165, 1.54) is 43.2 Å². The number of pyridine rings is 1. The lowest BCUT2D eigenvalue weighted by molar-refractivity contribution is 0.425. The van der Waals surface area contributed by atoms with Gasteiger partial charge in [0.1, 0.15) is 5.82 Å². The van der Waals surface area contributed by atoms with Gasteiger partial charge in [0, 0.05) is 31.4 Å². The fourth-order valence-electron chi connectivity index (χ4n) is 2.77. The van der Waals surface area contributed by atoms with Crippen LogP contribution in [-0.4, -0.2) is 18.1 Å². The van der Waals surface area contributed by atoms with Gasteiger partial charge in [0.2, 0.25) is 0 Å². The number of aryl methyl sites for hydroxylation is 1. The summed E-state index contributed by atoms with van der Waals surface area (Å²) in [5.41, 5.74) is 8.30. The van der Waals surface area contributed by atoms with Gasteiger partial charge in [-0.25, -0.2) is 4.98 Å². The Hall–Kier alpha value is -1.09. The Morgan fingerprint density at radius 3 is 2.71 bits per heavy atom. The summed E-state index contributed by atoms with van der Waals surface area (Å²) in [6.07, 6.45) is 8.54. The van der Waals surface area contributed by atoms with E-state index in [0.717, 1.165) is 5.82 Å². The second kappa shape index (κ2) is 5.50. The lowest BCUT2D eigenvalue weighted by Gasteiger charge is -2.33. The molecule has 1 aromatic heterocycles. The van der Waals surface area contributed by atoms with Crippen molar-refractivity contribution in [1.82, 2.24) is 4.98 Å². The molecule has 0 amide bonds. The zero-order valence-corrected chi connectivity index (χ0v) is 10.9. The summed E-state index contributed by atoms with van der Waals surface area (Å²) in [7, 11) is 2.16. The van der Waals surface area contributed by atoms with Gasteiger partial charge in [-0.15, -0.1) is 0 Å². The normalized spacial score (nSPS) is 17.1. The SMILES string of the molecule is Cc1ccnc(N(C)C2CCCCC2)c1CN. The van der Waals surface area contributed by atoms with E-state index in [4.69, 9.17) is 5.73 Å². The van der Waals surface area contributed by atoms with Crippen molar-refractivity contribution < 1.29 is 0 Å². The zero-order chi connectivity index (χ0) is 12.3. The van der Waals surface area contributed by atoms with Crippen LogP contribution in [0.1, 0.15) is 43.2 Å². The maximum absolute atomic E-state index is 5.85. The highest BCUT2D eigenvalue weighted by Crippen LogP contribution is 2.27. The first-order valence-corrected chi connectivity index (χ1v) is 6.61. The molecular weight excluding hydrogens is 210 g/mol. The van der Waals surface area contributed by atoms with Gasteiger partial charge in [-0.3, -0.25) is 0 Å². The molecule has 0 radical (unpaired) electrons. The molecule has 0 aromatic carbocycles. The second-order valence-corrected chi connectivity index (χ2v) is 5.04. The van der Waals surface area contributed by atoms with Gasteiger partial charge >= 0.3 is 0 Å². The van der Waals surface area contributed by atoms with Crippen LogP contribution in [0.4, 0.5) is 5.82 Å². The molecule has 1 saturated carbocycles. The molecule has 1 aromatic rings. The number of hydrogen-bond acceptors (Lipinski definition) is 3. The molecule has 1 heterocycles. The molecular formula is C14H23N3. The minimum absolute atomic E-state index is 0.575. The highest BCUT2D eigenvalue weighted by molar-refractivity contribution is 5.50. The van der Waals surface area contributed by atoms with Crippen LogP contribution in [0.15, 0.2) is 12.3 Å². The molecule has 0 bridgehead atoms. The summed E-state index contributed by atoms with van der Waals surface area (Å²) in [6, 6.07) is 2.68. The highest BCUT2D eigenvalue weighted by atomic mass is 15.2. The van der Waals surface area contributed by atoms with Crippen molar-refractivity contribution in [2.75, 3.05) is 11.9 Å². The van der Waals surface area contributed by atoms with Crippen molar-refractivity contribution in [3.8, 4) is 0 Å². The molecule has 17 heavy (non-hydrogen) atoms. The Kier molecular flexibility index (Phi) is 4.00. The number of nitrogens with zero attached hydrogens (tertiary/aromatic N) is 2. The Labute approximate surface area is 104 Å². The Morgan fingerprint density at radius 2 is 2.06 bits per heavy atom. The van der Waals surface area contributed by atoms with E-state index in [0.29, 0.717) is 12.6 Å². The van der Waals surface area contributed by atoms with Gasteiger partial charge in [0.05, 0.1) is 0 Å². The molecule has 94 valence electrons. The molecule has 3 nitrogen and oxygen atoms in total. The van der Waals surface area contributed by atoms with Crippen LogP contribution in [0.5, 0.6) is 0 Å². The standard InChI is InChI=1S/C14H23N3/c1-11-8-9-16-14(13(11)10-15)17(2)12-6-4-3-5-7-12/h8-9,12H,3-7,10,15H2,1-2H3. The predicted molar refractivity (Wildman–Crippen MR) is 72.1 cm³/mol. The summed E-state index contributed by atoms with van der Waals surface area (Å²) >= 11 is 0. The van der Waals surface area contributed by atoms with Crippen LogP contribution in [0.2, 0.25) is 0 Å². The van der Waals surface area contributed by atoms with Crippen molar-refractivity contribution in [1.29, 1.82) is 0 Å². The van der Waals surface area contributed by atoms with Gasteiger partial charge in [-0.1, -0.05) is 19.3 Å². The molecule has 1 aliphatic rings. The summed E-state index contributed by atoms with van der Waals surface area (Å²) in [4.78, 5) is 6.87. The maximum Gasteiger partial charge on any atom is 0.133 e. The zero-order valence-electron chi connectivity index (χ0n) is 10.9. The van der Waals surface area contributed by atoms with Crippen LogP contribution in [0.3, 0.4) is 0 Å². The average Bonchev–Trinajstić information content (AvgIpc) is 2.38. The Morgan fingerprint density at radius 1 is 1.35 bits per heavy atom. The van der Waals surface area contributed by atoms with Crippen molar-refractivity contribution in [2.24, 2.45) is 5.73 Å². The molecule has 0 spiro atoms. The van der Waals surface area contributed by atoms with Crippen LogP contribution >= 0.6 is 0 Å². The third kappa shape index (κ3) is 2.60. The first-order valence-electron chi connectivity index (χ1n) is 6.61. The average molecular weight is 233 g/mol. The minimum Gasteiger partial charge on any atom is -0.356 e. The summed E-state index contributed by atoms with van der Waals surface area (Å²) in [5.74, 6) is 1.08. The monoisotopic (exact) mass is 233 g/mol. The third-order valence-electron chi connectivity index (χ3n) is 3.93. The molecule has 2 N–H and O–H groups in total. The molecule has 1 aliphatic carbocycles. The van der Waals surface area contributed by atoms with E-state index in [1.54, 1.807) is 0 Å². The minimum atomic E-state index is 0.575. The van der Waals surface area contributed by atoms with E-state index in [2.05, 4.69) is 23.9 Å². The molecule has 0 unspecified atom stereocenters. The molecule has 1 fully saturated rings. The Bertz CT molecular complexity index is 370. The quantitative estimate of drug-likeness (QED) is 0.872. The lowest BCUT2D eigenvalue weighted by Crippen LogP contribution is -2.35. The van der Waals surface area contributed by atoms with E-state index in [9.17, 15) is 0 Å². The van der Waals surface area contributed by atoms with Crippen molar-refractivity contribution in [3.63, 3.8) is 0 Å². The van der Waals surface area contributed by atoms with Crippen LogP contribution in [-0.2, 0) is 6.54 Å². The van der Waals surface area contributed by atoms with E-state index >= 15 is 0 Å². The first kappa shape index (κ1) is 12.4. The molecule has 2 rings (SSSR count). The second-order valence-electron chi connectivity index (χ2n) is 5.04. The molecule has 0 aliphatic heterocycles. The smallest absolute Gasteiger partial charge is 0.133 e. The van der Waals surface area contributed by atoms with Crippen molar-refractivity contribution in [2.45, 2.75) is 51.6 Å². The fourth-order valence-corrected chi connectivity index (χ4v) is 2.77. The van der Waals surface area contributed by atoms with Crippen LogP contribution < -0.4 is 10.6 Å². The van der Waals surface area contributed by atoms with Crippen molar-refractivity contribution in [3.05, 3.63) is 23.4 Å². The fraction of sp³-hybridized carbons (Fsp3) is 0.643. The van der Waals surface area contributed by atoms with Gasteiger partial charge in [0.15, 0.2) is 0 Å². The number of anilines is 1. The number of nitrogens with two attached hydrogens (primary N) is 1. The van der Waals surface area contributed by atoms with E-state index < -0.39 is 0 Å². The number of hydrogen-bond donors (Lipinski definition) is 1. The number of rotatable bonds is 3. The summed E-state index contributed by atoms with van der Waals surface area (Å²) < 4.78 is 0. The maximum atomic E-state index is 5.85. The highest BCUT2D eigenvalue weighted by Gasteiger charge is 2.21. The largest absolute Gasteiger partial charge is 0.356 e. The van der Waals surface area contributed by atoms with Gasteiger partial charge < -0.3 is 10.6 Å². The number of aromatic nitrogens is 1. The molecule has 3 heteroatoms. The molecule has 0 atom stereocenters. The molecule has 0 saturated heterocycles. The van der Waals surface area contributed by atoms with Gasteiger partial charge in [0.25, 0.3) is 0 Å². The van der Waals surface area contributed by atoms with E-state index in [1.807, 2.05) is 12.3 Å². The topological polar surface area (TPSA) is 42.2 Å². The third-order valence-corrected chi connectivity index (χ3v) is 3.93. The lowest BCUT2D eigenvalue weighted by atomic mass is 9.94. The summed E-state index contributed by atoms with van der Waals surface area (Å²) in [6.45, 7) is 2.69. The van der Waals surface area contributed by atoms with Crippen molar-refractivity contribution >= 4 is 5.82 Å². The van der Waals surface area contributed by atoms with Crippen LogP contribution in [0, 0.1) is 6.92 Å². The summed E-state index contributed by atoms with van der Waals surface area (Å²) in [5, 5.41) is 0. The van der Waals surface area contributed by atoms with Gasteiger partial charge in [-0.05, 0) is 31.4 Å². The van der Waals surface area contributed by atoms with Crippen LogP contribution in [0.25, 0.3) is 0 Å². The Balaban J connectivity index is 2.23. The van der Waals surface area contributed by atoms with E-state index in [-0.39, 0.29) is 0 Å².